The van der Waals surface area contributed by atoms with Crippen molar-refractivity contribution in [1.82, 2.24) is 4.31 Å². The van der Waals surface area contributed by atoms with Gasteiger partial charge in [-0.3, -0.25) is 4.79 Å². The molecule has 0 atom stereocenters. The average molecular weight is 375 g/mol. The van der Waals surface area contributed by atoms with Crippen LogP contribution in [0, 0.1) is 0 Å². The lowest BCUT2D eigenvalue weighted by Gasteiger charge is -2.20. The van der Waals surface area contributed by atoms with Crippen LogP contribution in [0.1, 0.15) is 30.5 Å². The maximum atomic E-state index is 12.9. The van der Waals surface area contributed by atoms with Gasteiger partial charge in [-0.2, -0.15) is 4.31 Å². The molecule has 7 heteroatoms. The Kier molecular flexibility index (Phi) is 4.54. The molecule has 1 aliphatic rings. The summed E-state index contributed by atoms with van der Waals surface area (Å²) in [7, 11) is -2.08. The van der Waals surface area contributed by atoms with Gasteiger partial charge in [0.25, 0.3) is 0 Å². The predicted molar refractivity (Wildman–Crippen MR) is 96.5 cm³/mol. The summed E-state index contributed by atoms with van der Waals surface area (Å²) in [6, 6.07) is 12.1. The second-order valence-corrected chi connectivity index (χ2v) is 8.78. The van der Waals surface area contributed by atoms with E-state index in [1.807, 2.05) is 12.1 Å². The first-order valence-electron chi connectivity index (χ1n) is 8.16. The van der Waals surface area contributed by atoms with E-state index in [0.717, 1.165) is 5.56 Å². The molecule has 0 amide bonds. The van der Waals surface area contributed by atoms with E-state index in [9.17, 15) is 18.3 Å². The van der Waals surface area contributed by atoms with Gasteiger partial charge in [-0.25, -0.2) is 8.42 Å². The number of rotatable bonds is 5. The molecule has 0 aliphatic carbocycles. The van der Waals surface area contributed by atoms with E-state index in [2.05, 4.69) is 0 Å². The van der Waals surface area contributed by atoms with Crippen molar-refractivity contribution in [3.05, 3.63) is 59.2 Å². The summed E-state index contributed by atoms with van der Waals surface area (Å²) in [6.07, 6.45) is 0. The van der Waals surface area contributed by atoms with E-state index < -0.39 is 21.4 Å². The largest absolute Gasteiger partial charge is 0.497 e. The van der Waals surface area contributed by atoms with Crippen LogP contribution in [0.15, 0.2) is 47.4 Å². The van der Waals surface area contributed by atoms with Crippen LogP contribution in [-0.2, 0) is 33.3 Å². The van der Waals surface area contributed by atoms with E-state index in [4.69, 9.17) is 4.74 Å². The second kappa shape index (κ2) is 6.41. The normalized spacial score (nSPS) is 16.3. The minimum absolute atomic E-state index is 0.192. The molecule has 2 aromatic carbocycles. The van der Waals surface area contributed by atoms with E-state index in [-0.39, 0.29) is 18.0 Å². The van der Waals surface area contributed by atoms with Crippen molar-refractivity contribution < 1.29 is 23.1 Å². The SMILES string of the molecule is COc1ccc(CN2Cc3ccc(C(C)(C)C(=O)O)cc3S2(=O)=O)cc1. The van der Waals surface area contributed by atoms with Crippen LogP contribution < -0.4 is 4.74 Å². The fourth-order valence-corrected chi connectivity index (χ4v) is 4.57. The first-order chi connectivity index (χ1) is 12.2. The molecule has 26 heavy (non-hydrogen) atoms. The van der Waals surface area contributed by atoms with Crippen molar-refractivity contribution >= 4 is 16.0 Å². The van der Waals surface area contributed by atoms with Gasteiger partial charge in [-0.15, -0.1) is 0 Å². The van der Waals surface area contributed by atoms with E-state index in [0.29, 0.717) is 16.9 Å². The summed E-state index contributed by atoms with van der Waals surface area (Å²) >= 11 is 0. The fraction of sp³-hybridized carbons (Fsp3) is 0.316. The molecule has 2 aromatic rings. The molecule has 1 aliphatic heterocycles. The molecule has 138 valence electrons. The van der Waals surface area contributed by atoms with Crippen LogP contribution in [-0.4, -0.2) is 30.9 Å². The number of fused-ring (bicyclic) bond motifs is 1. The van der Waals surface area contributed by atoms with Gasteiger partial charge in [-0.1, -0.05) is 24.3 Å². The van der Waals surface area contributed by atoms with Crippen molar-refractivity contribution in [2.45, 2.75) is 37.2 Å². The van der Waals surface area contributed by atoms with Crippen LogP contribution in [0.2, 0.25) is 0 Å². The summed E-state index contributed by atoms with van der Waals surface area (Å²) in [6.45, 7) is 3.65. The van der Waals surface area contributed by atoms with Gasteiger partial charge in [0.2, 0.25) is 10.0 Å². The highest BCUT2D eigenvalue weighted by molar-refractivity contribution is 7.89. The lowest BCUT2D eigenvalue weighted by Crippen LogP contribution is -2.28. The molecule has 0 saturated carbocycles. The van der Waals surface area contributed by atoms with Gasteiger partial charge < -0.3 is 9.84 Å². The summed E-state index contributed by atoms with van der Waals surface area (Å²) < 4.78 is 32.3. The number of nitrogens with zero attached hydrogens (tertiary/aromatic N) is 1. The van der Waals surface area contributed by atoms with Gasteiger partial charge in [0.1, 0.15) is 5.75 Å². The zero-order chi connectivity index (χ0) is 19.1. The minimum atomic E-state index is -3.66. The molecule has 0 spiro atoms. The Labute approximate surface area is 153 Å². The average Bonchev–Trinajstić information content (AvgIpc) is 2.85. The van der Waals surface area contributed by atoms with Crippen LogP contribution in [0.5, 0.6) is 5.75 Å². The quantitative estimate of drug-likeness (QED) is 0.869. The zero-order valence-electron chi connectivity index (χ0n) is 14.9. The molecule has 0 aromatic heterocycles. The Morgan fingerprint density at radius 2 is 1.85 bits per heavy atom. The number of ether oxygens (including phenoxy) is 1. The number of hydrogen-bond donors (Lipinski definition) is 1. The number of carboxylic acid groups (broad SMARTS) is 1. The lowest BCUT2D eigenvalue weighted by molar-refractivity contribution is -0.142. The number of benzene rings is 2. The molecule has 1 N–H and O–H groups in total. The Bertz CT molecular complexity index is 948. The van der Waals surface area contributed by atoms with E-state index in [1.165, 1.54) is 10.4 Å². The van der Waals surface area contributed by atoms with Gasteiger partial charge in [0, 0.05) is 13.1 Å². The maximum absolute atomic E-state index is 12.9. The van der Waals surface area contributed by atoms with Crippen molar-refractivity contribution in [2.75, 3.05) is 7.11 Å². The smallest absolute Gasteiger partial charge is 0.313 e. The molecule has 3 rings (SSSR count). The number of hydrogen-bond acceptors (Lipinski definition) is 4. The third kappa shape index (κ3) is 3.08. The van der Waals surface area contributed by atoms with Crippen molar-refractivity contribution in [3.63, 3.8) is 0 Å². The van der Waals surface area contributed by atoms with E-state index in [1.54, 1.807) is 45.2 Å². The summed E-state index contributed by atoms with van der Waals surface area (Å²) in [5.41, 5.74) is 0.851. The van der Waals surface area contributed by atoms with Gasteiger partial charge >= 0.3 is 5.97 Å². The molecule has 0 radical (unpaired) electrons. The highest BCUT2D eigenvalue weighted by Crippen LogP contribution is 2.35. The van der Waals surface area contributed by atoms with Crippen molar-refractivity contribution in [1.29, 1.82) is 0 Å². The molecule has 0 unspecified atom stereocenters. The number of methoxy groups -OCH3 is 1. The first-order valence-corrected chi connectivity index (χ1v) is 9.60. The zero-order valence-corrected chi connectivity index (χ0v) is 15.7. The topological polar surface area (TPSA) is 83.9 Å². The predicted octanol–water partition coefficient (Wildman–Crippen LogP) is 2.76. The van der Waals surface area contributed by atoms with Crippen LogP contribution in [0.4, 0.5) is 0 Å². The monoisotopic (exact) mass is 375 g/mol. The Balaban J connectivity index is 1.91. The van der Waals surface area contributed by atoms with Crippen LogP contribution in [0.25, 0.3) is 0 Å². The van der Waals surface area contributed by atoms with Crippen LogP contribution >= 0.6 is 0 Å². The molecular formula is C19H21NO5S. The number of carbonyl (C=O) groups is 1. The molecular weight excluding hydrogens is 354 g/mol. The standard InChI is InChI=1S/C19H21NO5S/c1-19(2,18(21)22)15-7-6-14-12-20(26(23,24)17(14)10-15)11-13-4-8-16(25-3)9-5-13/h4-10H,11-12H2,1-3H3,(H,21,22). The third-order valence-corrected chi connectivity index (χ3v) is 6.68. The number of carboxylic acids is 1. The van der Waals surface area contributed by atoms with Gasteiger partial charge in [0.05, 0.1) is 17.4 Å². The molecule has 0 bridgehead atoms. The Hall–Kier alpha value is -2.38. The highest BCUT2D eigenvalue weighted by atomic mass is 32.2. The summed E-state index contributed by atoms with van der Waals surface area (Å²) in [4.78, 5) is 11.7. The van der Waals surface area contributed by atoms with Gasteiger partial charge in [-0.05, 0) is 48.7 Å². The second-order valence-electron chi connectivity index (χ2n) is 6.87. The number of sulfonamides is 1. The highest BCUT2D eigenvalue weighted by Gasteiger charge is 2.37. The minimum Gasteiger partial charge on any atom is -0.497 e. The van der Waals surface area contributed by atoms with E-state index >= 15 is 0 Å². The molecule has 0 fully saturated rings. The van der Waals surface area contributed by atoms with Crippen LogP contribution in [0.3, 0.4) is 0 Å². The molecule has 1 heterocycles. The van der Waals surface area contributed by atoms with Crippen molar-refractivity contribution in [2.24, 2.45) is 0 Å². The summed E-state index contributed by atoms with van der Waals surface area (Å²) in [5, 5.41) is 9.39. The van der Waals surface area contributed by atoms with Gasteiger partial charge in [0.15, 0.2) is 0 Å². The molecule has 6 nitrogen and oxygen atoms in total. The first kappa shape index (κ1) is 18.4. The Morgan fingerprint density at radius 1 is 1.19 bits per heavy atom. The Morgan fingerprint density at radius 3 is 2.42 bits per heavy atom. The third-order valence-electron chi connectivity index (χ3n) is 4.81. The molecule has 0 saturated heterocycles. The lowest BCUT2D eigenvalue weighted by atomic mass is 9.84. The fourth-order valence-electron chi connectivity index (χ4n) is 2.93. The number of aliphatic carboxylic acids is 1. The summed E-state index contributed by atoms with van der Waals surface area (Å²) in [5.74, 6) is -0.287. The van der Waals surface area contributed by atoms with Crippen molar-refractivity contribution in [3.8, 4) is 5.75 Å². The maximum Gasteiger partial charge on any atom is 0.313 e.